The van der Waals surface area contributed by atoms with E-state index in [0.29, 0.717) is 37.8 Å². The van der Waals surface area contributed by atoms with Gasteiger partial charge in [-0.05, 0) is 44.2 Å². The summed E-state index contributed by atoms with van der Waals surface area (Å²) in [6, 6.07) is 5.10. The topological polar surface area (TPSA) is 57.6 Å². The van der Waals surface area contributed by atoms with E-state index in [0.717, 1.165) is 12.1 Å². The zero-order valence-corrected chi connectivity index (χ0v) is 14.1. The normalized spacial score (nSPS) is 21.2. The van der Waals surface area contributed by atoms with Gasteiger partial charge in [0.25, 0.3) is 0 Å². The van der Waals surface area contributed by atoms with E-state index in [1.54, 1.807) is 17.9 Å². The van der Waals surface area contributed by atoms with Crippen molar-refractivity contribution in [3.8, 4) is 0 Å². The van der Waals surface area contributed by atoms with Crippen molar-refractivity contribution in [3.63, 3.8) is 0 Å². The Morgan fingerprint density at radius 3 is 2.68 bits per heavy atom. The van der Waals surface area contributed by atoms with Gasteiger partial charge in [0.1, 0.15) is 0 Å². The lowest BCUT2D eigenvalue weighted by molar-refractivity contribution is -0.153. The Hall–Kier alpha value is -2.05. The highest BCUT2D eigenvalue weighted by molar-refractivity contribution is 5.79. The van der Waals surface area contributed by atoms with Crippen LogP contribution in [-0.2, 0) is 22.2 Å². The quantitative estimate of drug-likeness (QED) is 0.873. The van der Waals surface area contributed by atoms with Crippen LogP contribution >= 0.6 is 0 Å². The van der Waals surface area contributed by atoms with Gasteiger partial charge in [0.15, 0.2) is 0 Å². The Labute approximate surface area is 144 Å². The summed E-state index contributed by atoms with van der Waals surface area (Å²) < 4.78 is 38.1. The number of likely N-dealkylation sites (tertiary alicyclic amines) is 1. The van der Waals surface area contributed by atoms with E-state index in [1.807, 2.05) is 0 Å². The van der Waals surface area contributed by atoms with Gasteiger partial charge in [-0.1, -0.05) is 18.2 Å². The van der Waals surface area contributed by atoms with Crippen LogP contribution < -0.4 is 0 Å². The van der Waals surface area contributed by atoms with Gasteiger partial charge in [-0.3, -0.25) is 9.59 Å². The Balaban J connectivity index is 1.88. The molecular weight excluding hydrogens is 335 g/mol. The molecule has 1 aromatic rings. The van der Waals surface area contributed by atoms with E-state index in [4.69, 9.17) is 0 Å². The molecule has 1 unspecified atom stereocenters. The maximum absolute atomic E-state index is 12.7. The molecule has 2 rings (SSSR count). The van der Waals surface area contributed by atoms with Gasteiger partial charge in [0.2, 0.25) is 5.91 Å². The van der Waals surface area contributed by atoms with E-state index in [2.05, 4.69) is 0 Å². The smallest absolute Gasteiger partial charge is 0.416 e. The molecule has 0 saturated carbocycles. The summed E-state index contributed by atoms with van der Waals surface area (Å²) in [4.78, 5) is 25.2. The molecule has 0 spiro atoms. The minimum atomic E-state index is -4.37. The predicted octanol–water partition coefficient (Wildman–Crippen LogP) is 3.74. The number of nitrogens with zero attached hydrogens (tertiary/aromatic N) is 1. The van der Waals surface area contributed by atoms with Crippen LogP contribution in [0.15, 0.2) is 24.3 Å². The summed E-state index contributed by atoms with van der Waals surface area (Å²) in [5, 5.41) is 9.28. The number of carbonyl (C=O) groups excluding carboxylic acids is 1. The molecule has 0 aromatic heterocycles. The maximum atomic E-state index is 12.7. The standard InChI is InChI=1S/C18H22F3NO3/c1-17(16(24)25)9-4-10-22(12-17)15(23)8-3-6-13-5-2-7-14(11-13)18(19,20)21/h2,5,7,11H,3-4,6,8-10,12H2,1H3,(H,24,25). The second-order valence-corrected chi connectivity index (χ2v) is 6.84. The summed E-state index contributed by atoms with van der Waals surface area (Å²) in [6.45, 7) is 2.35. The molecule has 1 N–H and O–H groups in total. The van der Waals surface area contributed by atoms with Crippen LogP contribution in [0.5, 0.6) is 0 Å². The first-order valence-corrected chi connectivity index (χ1v) is 8.29. The van der Waals surface area contributed by atoms with Gasteiger partial charge in [-0.25, -0.2) is 0 Å². The number of piperidine rings is 1. The molecule has 0 radical (unpaired) electrons. The lowest BCUT2D eigenvalue weighted by Gasteiger charge is -2.37. The third kappa shape index (κ3) is 4.96. The summed E-state index contributed by atoms with van der Waals surface area (Å²) in [6.07, 6.45) is -2.19. The third-order valence-electron chi connectivity index (χ3n) is 4.68. The van der Waals surface area contributed by atoms with Crippen molar-refractivity contribution in [2.45, 2.75) is 45.2 Å². The zero-order valence-electron chi connectivity index (χ0n) is 14.1. The first-order chi connectivity index (χ1) is 11.6. The molecule has 0 bridgehead atoms. The summed E-state index contributed by atoms with van der Waals surface area (Å²) >= 11 is 0. The number of hydrogen-bond donors (Lipinski definition) is 1. The fourth-order valence-electron chi connectivity index (χ4n) is 3.13. The minimum absolute atomic E-state index is 0.140. The predicted molar refractivity (Wildman–Crippen MR) is 85.9 cm³/mol. The van der Waals surface area contributed by atoms with Crippen LogP contribution in [0.25, 0.3) is 0 Å². The molecule has 7 heteroatoms. The van der Waals surface area contributed by atoms with E-state index in [-0.39, 0.29) is 18.9 Å². The molecule has 1 atom stereocenters. The fraction of sp³-hybridized carbons (Fsp3) is 0.556. The monoisotopic (exact) mass is 357 g/mol. The second-order valence-electron chi connectivity index (χ2n) is 6.84. The first-order valence-electron chi connectivity index (χ1n) is 8.29. The van der Waals surface area contributed by atoms with Crippen LogP contribution in [0.2, 0.25) is 0 Å². The number of amides is 1. The van der Waals surface area contributed by atoms with E-state index in [9.17, 15) is 27.9 Å². The number of benzene rings is 1. The number of hydrogen-bond acceptors (Lipinski definition) is 2. The maximum Gasteiger partial charge on any atom is 0.416 e. The van der Waals surface area contributed by atoms with E-state index in [1.165, 1.54) is 6.07 Å². The lowest BCUT2D eigenvalue weighted by atomic mass is 9.82. The highest BCUT2D eigenvalue weighted by Crippen LogP contribution is 2.31. The minimum Gasteiger partial charge on any atom is -0.481 e. The Morgan fingerprint density at radius 2 is 2.04 bits per heavy atom. The van der Waals surface area contributed by atoms with Gasteiger partial charge in [-0.2, -0.15) is 13.2 Å². The molecule has 1 heterocycles. The van der Waals surface area contributed by atoms with Gasteiger partial charge in [-0.15, -0.1) is 0 Å². The molecule has 25 heavy (non-hydrogen) atoms. The van der Waals surface area contributed by atoms with Crippen molar-refractivity contribution >= 4 is 11.9 Å². The highest BCUT2D eigenvalue weighted by Gasteiger charge is 2.39. The molecular formula is C18H22F3NO3. The van der Waals surface area contributed by atoms with E-state index >= 15 is 0 Å². The summed E-state index contributed by atoms with van der Waals surface area (Å²) in [7, 11) is 0. The third-order valence-corrected chi connectivity index (χ3v) is 4.68. The highest BCUT2D eigenvalue weighted by atomic mass is 19.4. The van der Waals surface area contributed by atoms with Crippen molar-refractivity contribution in [1.29, 1.82) is 0 Å². The second kappa shape index (κ2) is 7.45. The average Bonchev–Trinajstić information content (AvgIpc) is 2.54. The molecule has 1 saturated heterocycles. The van der Waals surface area contributed by atoms with E-state index < -0.39 is 23.1 Å². The van der Waals surface area contributed by atoms with Gasteiger partial charge in [0, 0.05) is 19.5 Å². The van der Waals surface area contributed by atoms with Gasteiger partial charge < -0.3 is 10.0 Å². The molecule has 138 valence electrons. The van der Waals surface area contributed by atoms with Crippen molar-refractivity contribution in [3.05, 3.63) is 35.4 Å². The fourth-order valence-corrected chi connectivity index (χ4v) is 3.13. The van der Waals surface area contributed by atoms with Crippen molar-refractivity contribution in [2.75, 3.05) is 13.1 Å². The summed E-state index contributed by atoms with van der Waals surface area (Å²) in [5.41, 5.74) is -1.07. The van der Waals surface area contributed by atoms with Crippen LogP contribution in [0.1, 0.15) is 43.7 Å². The number of halogens is 3. The molecule has 4 nitrogen and oxygen atoms in total. The van der Waals surface area contributed by atoms with Gasteiger partial charge in [0.05, 0.1) is 11.0 Å². The van der Waals surface area contributed by atoms with Crippen LogP contribution in [0, 0.1) is 5.41 Å². The number of alkyl halides is 3. The van der Waals surface area contributed by atoms with Crippen molar-refractivity contribution in [1.82, 2.24) is 4.90 Å². The Kier molecular flexibility index (Phi) is 5.75. The number of aryl methyl sites for hydroxylation is 1. The lowest BCUT2D eigenvalue weighted by Crippen LogP contribution is -2.48. The average molecular weight is 357 g/mol. The van der Waals surface area contributed by atoms with Crippen molar-refractivity contribution < 1.29 is 27.9 Å². The molecule has 1 aliphatic rings. The molecule has 1 amide bonds. The van der Waals surface area contributed by atoms with Crippen LogP contribution in [0.3, 0.4) is 0 Å². The Morgan fingerprint density at radius 1 is 1.32 bits per heavy atom. The van der Waals surface area contributed by atoms with Crippen LogP contribution in [-0.4, -0.2) is 35.0 Å². The summed E-state index contributed by atoms with van der Waals surface area (Å²) in [5.74, 6) is -1.05. The molecule has 0 aliphatic carbocycles. The number of carboxylic acid groups (broad SMARTS) is 1. The SMILES string of the molecule is CC1(C(=O)O)CCCN(C(=O)CCCc2cccc(C(F)(F)F)c2)C1. The van der Waals surface area contributed by atoms with Crippen molar-refractivity contribution in [2.24, 2.45) is 5.41 Å². The molecule has 1 aliphatic heterocycles. The van der Waals surface area contributed by atoms with Gasteiger partial charge >= 0.3 is 12.1 Å². The Bertz CT molecular complexity index is 645. The number of carboxylic acids is 1. The molecule has 1 fully saturated rings. The van der Waals surface area contributed by atoms with Crippen LogP contribution in [0.4, 0.5) is 13.2 Å². The zero-order chi connectivity index (χ0) is 18.7. The largest absolute Gasteiger partial charge is 0.481 e. The molecule has 1 aromatic carbocycles. The first kappa shape index (κ1) is 19.3. The number of carbonyl (C=O) groups is 2. The number of rotatable bonds is 5. The number of aliphatic carboxylic acids is 1.